The van der Waals surface area contributed by atoms with Crippen molar-refractivity contribution in [3.8, 4) is 0 Å². The molecule has 0 saturated carbocycles. The van der Waals surface area contributed by atoms with Gasteiger partial charge in [0.05, 0.1) is 29.3 Å². The van der Waals surface area contributed by atoms with Gasteiger partial charge < -0.3 is 14.8 Å². The molecule has 4 rings (SSSR count). The Morgan fingerprint density at radius 2 is 1.96 bits per heavy atom. The maximum Gasteiger partial charge on any atom is 0.338 e. The number of anilines is 1. The third-order valence-corrected chi connectivity index (χ3v) is 4.93. The molecule has 0 amide bonds. The van der Waals surface area contributed by atoms with Gasteiger partial charge in [-0.05, 0) is 31.5 Å². The number of allylic oxidation sites excluding steroid dienone is 1. The molecule has 0 radical (unpaired) electrons. The van der Waals surface area contributed by atoms with E-state index < -0.39 is 0 Å². The Morgan fingerprint density at radius 3 is 2.75 bits per heavy atom. The molecule has 0 fully saturated rings. The highest BCUT2D eigenvalue weighted by molar-refractivity contribution is 5.94. The topological polar surface area (TPSA) is 65.4 Å². The Kier molecular flexibility index (Phi) is 4.88. The number of carbonyl (C=O) groups excluding carboxylic acids is 1. The van der Waals surface area contributed by atoms with E-state index in [0.717, 1.165) is 33.8 Å². The van der Waals surface area contributed by atoms with Crippen LogP contribution in [0, 0.1) is 6.92 Å². The lowest BCUT2D eigenvalue weighted by Crippen LogP contribution is -2.29. The molecule has 0 saturated heterocycles. The van der Waals surface area contributed by atoms with E-state index in [2.05, 4.69) is 16.0 Å². The SMILES string of the molecule is COCCOC(=O)C1=C(C)Nc2nc3ccccc3n2[C@H]1c1cccc(C)c1. The fourth-order valence-electron chi connectivity index (χ4n) is 3.68. The predicted molar refractivity (Wildman–Crippen MR) is 108 cm³/mol. The van der Waals surface area contributed by atoms with E-state index in [1.165, 1.54) is 0 Å². The number of nitrogens with zero attached hydrogens (tertiary/aromatic N) is 2. The maximum absolute atomic E-state index is 13.0. The first-order valence-electron chi connectivity index (χ1n) is 9.27. The zero-order valence-electron chi connectivity index (χ0n) is 16.2. The van der Waals surface area contributed by atoms with Gasteiger partial charge in [-0.25, -0.2) is 9.78 Å². The summed E-state index contributed by atoms with van der Waals surface area (Å²) in [6, 6.07) is 15.8. The summed E-state index contributed by atoms with van der Waals surface area (Å²) in [5.74, 6) is 0.371. The van der Waals surface area contributed by atoms with Gasteiger partial charge in [0.2, 0.25) is 5.95 Å². The molecular weight excluding hydrogens is 354 g/mol. The third kappa shape index (κ3) is 3.16. The summed E-state index contributed by atoms with van der Waals surface area (Å²) < 4.78 is 12.6. The molecule has 0 bridgehead atoms. The molecule has 1 aliphatic heterocycles. The van der Waals surface area contributed by atoms with Crippen LogP contribution in [0.3, 0.4) is 0 Å². The molecule has 1 aromatic heterocycles. The summed E-state index contributed by atoms with van der Waals surface area (Å²) in [6.45, 7) is 4.51. The number of nitrogens with one attached hydrogen (secondary N) is 1. The fourth-order valence-corrected chi connectivity index (χ4v) is 3.68. The van der Waals surface area contributed by atoms with Crippen LogP contribution >= 0.6 is 0 Å². The van der Waals surface area contributed by atoms with Gasteiger partial charge >= 0.3 is 5.97 Å². The first-order valence-corrected chi connectivity index (χ1v) is 9.27. The van der Waals surface area contributed by atoms with Gasteiger partial charge in [0, 0.05) is 12.8 Å². The van der Waals surface area contributed by atoms with Gasteiger partial charge in [0.1, 0.15) is 6.61 Å². The fraction of sp³-hybridized carbons (Fsp3) is 0.273. The van der Waals surface area contributed by atoms with Crippen molar-refractivity contribution in [1.82, 2.24) is 9.55 Å². The van der Waals surface area contributed by atoms with Crippen LogP contribution in [0.5, 0.6) is 0 Å². The Hall–Kier alpha value is -3.12. The molecule has 6 heteroatoms. The van der Waals surface area contributed by atoms with E-state index >= 15 is 0 Å². The number of hydrogen-bond acceptors (Lipinski definition) is 5. The van der Waals surface area contributed by atoms with Gasteiger partial charge in [-0.2, -0.15) is 0 Å². The lowest BCUT2D eigenvalue weighted by Gasteiger charge is -2.30. The molecular formula is C22H23N3O3. The minimum Gasteiger partial charge on any atom is -0.460 e. The number of carbonyl (C=O) groups is 1. The summed E-state index contributed by atoms with van der Waals surface area (Å²) in [6.07, 6.45) is 0. The summed E-state index contributed by atoms with van der Waals surface area (Å²) in [7, 11) is 1.58. The average Bonchev–Trinajstić information content (AvgIpc) is 3.04. The van der Waals surface area contributed by atoms with E-state index in [0.29, 0.717) is 12.2 Å². The van der Waals surface area contributed by atoms with E-state index in [-0.39, 0.29) is 18.6 Å². The van der Waals surface area contributed by atoms with Crippen LogP contribution in [0.2, 0.25) is 0 Å². The van der Waals surface area contributed by atoms with Gasteiger partial charge in [-0.15, -0.1) is 0 Å². The molecule has 1 N–H and O–H groups in total. The third-order valence-electron chi connectivity index (χ3n) is 4.93. The summed E-state index contributed by atoms with van der Waals surface area (Å²) in [5.41, 5.74) is 5.32. The molecule has 0 unspecified atom stereocenters. The number of aryl methyl sites for hydroxylation is 1. The van der Waals surface area contributed by atoms with Crippen molar-refractivity contribution in [3.63, 3.8) is 0 Å². The zero-order chi connectivity index (χ0) is 19.7. The second-order valence-electron chi connectivity index (χ2n) is 6.90. The molecule has 6 nitrogen and oxygen atoms in total. The van der Waals surface area contributed by atoms with Crippen molar-refractivity contribution in [2.45, 2.75) is 19.9 Å². The maximum atomic E-state index is 13.0. The van der Waals surface area contributed by atoms with Crippen molar-refractivity contribution >= 4 is 23.0 Å². The van der Waals surface area contributed by atoms with Gasteiger partial charge in [0.25, 0.3) is 0 Å². The molecule has 1 aliphatic rings. The quantitative estimate of drug-likeness (QED) is 0.541. The Morgan fingerprint density at radius 1 is 1.14 bits per heavy atom. The number of ether oxygens (including phenoxy) is 2. The number of imidazole rings is 1. The zero-order valence-corrected chi connectivity index (χ0v) is 16.2. The average molecular weight is 377 g/mol. The van der Waals surface area contributed by atoms with Gasteiger partial charge in [-0.1, -0.05) is 42.0 Å². The number of methoxy groups -OCH3 is 1. The molecule has 3 aromatic rings. The number of fused-ring (bicyclic) bond motifs is 3. The van der Waals surface area contributed by atoms with Gasteiger partial charge in [0.15, 0.2) is 0 Å². The lowest BCUT2D eigenvalue weighted by molar-refractivity contribution is -0.140. The number of esters is 1. The van der Waals surface area contributed by atoms with Crippen LogP contribution in [0.15, 0.2) is 59.8 Å². The first-order chi connectivity index (χ1) is 13.6. The first kappa shape index (κ1) is 18.3. The standard InChI is InChI=1S/C22H23N3O3/c1-14-7-6-8-16(13-14)20-19(21(26)28-12-11-27-3)15(2)23-22-24-17-9-4-5-10-18(17)25(20)22/h4-10,13,20H,11-12H2,1-3H3,(H,23,24)/t20-/m0/s1. The van der Waals surface area contributed by atoms with Crippen LogP contribution < -0.4 is 5.32 Å². The summed E-state index contributed by atoms with van der Waals surface area (Å²) in [5, 5.41) is 3.28. The molecule has 2 aromatic carbocycles. The molecule has 0 spiro atoms. The molecule has 144 valence electrons. The monoisotopic (exact) mass is 377 g/mol. The largest absolute Gasteiger partial charge is 0.460 e. The highest BCUT2D eigenvalue weighted by atomic mass is 16.6. The number of aromatic nitrogens is 2. The molecule has 1 atom stereocenters. The smallest absolute Gasteiger partial charge is 0.338 e. The van der Waals surface area contributed by atoms with Crippen molar-refractivity contribution in [3.05, 3.63) is 70.9 Å². The minimum atomic E-state index is -0.350. The molecule has 28 heavy (non-hydrogen) atoms. The number of rotatable bonds is 5. The van der Waals surface area contributed by atoms with Crippen molar-refractivity contribution < 1.29 is 14.3 Å². The van der Waals surface area contributed by atoms with E-state index in [1.54, 1.807) is 7.11 Å². The number of para-hydroxylation sites is 2. The Balaban J connectivity index is 1.88. The van der Waals surface area contributed by atoms with Crippen molar-refractivity contribution in [2.75, 3.05) is 25.6 Å². The second-order valence-corrected chi connectivity index (χ2v) is 6.90. The van der Waals surface area contributed by atoms with Crippen molar-refractivity contribution in [1.29, 1.82) is 0 Å². The Bertz CT molecular complexity index is 1070. The highest BCUT2D eigenvalue weighted by Gasteiger charge is 2.34. The van der Waals surface area contributed by atoms with E-state index in [9.17, 15) is 4.79 Å². The van der Waals surface area contributed by atoms with Gasteiger partial charge in [-0.3, -0.25) is 4.57 Å². The highest BCUT2D eigenvalue weighted by Crippen LogP contribution is 2.39. The normalized spacial score (nSPS) is 16.0. The second kappa shape index (κ2) is 7.48. The summed E-state index contributed by atoms with van der Waals surface area (Å²) >= 11 is 0. The number of hydrogen-bond donors (Lipinski definition) is 1. The van der Waals surface area contributed by atoms with E-state index in [4.69, 9.17) is 14.5 Å². The van der Waals surface area contributed by atoms with Crippen LogP contribution in [0.25, 0.3) is 11.0 Å². The van der Waals surface area contributed by atoms with E-state index in [1.807, 2.05) is 56.3 Å². The molecule has 0 aliphatic carbocycles. The van der Waals surface area contributed by atoms with Crippen LogP contribution in [-0.2, 0) is 14.3 Å². The summed E-state index contributed by atoms with van der Waals surface area (Å²) in [4.78, 5) is 17.7. The lowest BCUT2D eigenvalue weighted by atomic mass is 9.94. The Labute approximate surface area is 163 Å². The number of benzene rings is 2. The van der Waals surface area contributed by atoms with Crippen LogP contribution in [0.1, 0.15) is 24.1 Å². The van der Waals surface area contributed by atoms with Crippen molar-refractivity contribution in [2.24, 2.45) is 0 Å². The minimum absolute atomic E-state index is 0.212. The van der Waals surface area contributed by atoms with Crippen LogP contribution in [-0.4, -0.2) is 35.8 Å². The molecule has 2 heterocycles. The van der Waals surface area contributed by atoms with Crippen LogP contribution in [0.4, 0.5) is 5.95 Å². The predicted octanol–water partition coefficient (Wildman–Crippen LogP) is 3.82.